The third-order valence-corrected chi connectivity index (χ3v) is 5.48. The van der Waals surface area contributed by atoms with E-state index >= 15 is 0 Å². The van der Waals surface area contributed by atoms with Crippen molar-refractivity contribution in [1.29, 1.82) is 0 Å². The molecule has 0 aliphatic heterocycles. The molecule has 2 heterocycles. The molecule has 1 aliphatic rings. The van der Waals surface area contributed by atoms with Crippen molar-refractivity contribution in [2.24, 2.45) is 0 Å². The van der Waals surface area contributed by atoms with E-state index < -0.39 is 18.1 Å². The first-order valence-corrected chi connectivity index (χ1v) is 9.60. The fraction of sp³-hybridized carbons (Fsp3) is 0.400. The number of halogens is 2. The Morgan fingerprint density at radius 3 is 2.77 bits per heavy atom. The van der Waals surface area contributed by atoms with Crippen molar-refractivity contribution in [2.75, 3.05) is 7.05 Å². The summed E-state index contributed by atoms with van der Waals surface area (Å²) < 4.78 is 34.4. The monoisotopic (exact) mass is 416 g/mol. The molecule has 8 nitrogen and oxygen atoms in total. The second-order valence-corrected chi connectivity index (χ2v) is 7.65. The molecule has 0 amide bonds. The van der Waals surface area contributed by atoms with E-state index in [1.54, 1.807) is 12.1 Å². The normalized spacial score (nSPS) is 24.0. The van der Waals surface area contributed by atoms with Crippen molar-refractivity contribution < 1.29 is 18.6 Å². The Hall–Kier alpha value is -3.14. The van der Waals surface area contributed by atoms with E-state index in [0.29, 0.717) is 24.1 Å². The zero-order chi connectivity index (χ0) is 21.3. The quantitative estimate of drug-likeness (QED) is 0.660. The van der Waals surface area contributed by atoms with Gasteiger partial charge in [-0.25, -0.2) is 18.4 Å². The number of phenols is 1. The van der Waals surface area contributed by atoms with Gasteiger partial charge in [0.25, 0.3) is 5.88 Å². The van der Waals surface area contributed by atoms with E-state index in [2.05, 4.69) is 25.6 Å². The van der Waals surface area contributed by atoms with Crippen LogP contribution in [-0.2, 0) is 0 Å². The molecule has 1 aromatic carbocycles. The Kier molecular flexibility index (Phi) is 5.33. The molecule has 3 aromatic rings. The number of benzene rings is 1. The first-order chi connectivity index (χ1) is 14.4. The molecule has 1 unspecified atom stereocenters. The largest absolute Gasteiger partial charge is 0.507 e. The van der Waals surface area contributed by atoms with Crippen molar-refractivity contribution in [3.05, 3.63) is 42.6 Å². The molecule has 1 aliphatic carbocycles. The third kappa shape index (κ3) is 4.09. The molecule has 0 bridgehead atoms. The number of hydrogen-bond donors (Lipinski definition) is 2. The highest BCUT2D eigenvalue weighted by molar-refractivity contribution is 5.65. The van der Waals surface area contributed by atoms with Gasteiger partial charge < -0.3 is 15.2 Å². The van der Waals surface area contributed by atoms with Crippen LogP contribution in [0.3, 0.4) is 0 Å². The zero-order valence-electron chi connectivity index (χ0n) is 16.6. The van der Waals surface area contributed by atoms with Crippen molar-refractivity contribution >= 4 is 0 Å². The molecule has 2 N–H and O–H groups in total. The molecule has 0 radical (unpaired) electrons. The van der Waals surface area contributed by atoms with Gasteiger partial charge in [-0.3, -0.25) is 0 Å². The summed E-state index contributed by atoms with van der Waals surface area (Å²) in [6, 6.07) is 4.65. The minimum absolute atomic E-state index is 0.111. The number of aromatic hydroxyl groups is 1. The average Bonchev–Trinajstić information content (AvgIpc) is 3.18. The summed E-state index contributed by atoms with van der Waals surface area (Å²) >= 11 is 0. The van der Waals surface area contributed by atoms with Crippen LogP contribution in [0.1, 0.15) is 26.2 Å². The number of nitrogens with one attached hydrogen (secondary N) is 1. The van der Waals surface area contributed by atoms with Crippen molar-refractivity contribution in [3.63, 3.8) is 0 Å². The number of ether oxygens (including phenoxy) is 1. The lowest BCUT2D eigenvalue weighted by molar-refractivity contribution is 0.0233. The summed E-state index contributed by atoms with van der Waals surface area (Å²) in [6.45, 7) is 2.03. The van der Waals surface area contributed by atoms with E-state index in [4.69, 9.17) is 4.74 Å². The maximum absolute atomic E-state index is 14.3. The van der Waals surface area contributed by atoms with Crippen LogP contribution in [0.4, 0.5) is 8.78 Å². The molecule has 0 spiro atoms. The van der Waals surface area contributed by atoms with Crippen molar-refractivity contribution in [3.8, 4) is 28.7 Å². The van der Waals surface area contributed by atoms with Gasteiger partial charge >= 0.3 is 0 Å². The molecule has 30 heavy (non-hydrogen) atoms. The summed E-state index contributed by atoms with van der Waals surface area (Å²) in [6.07, 6.45) is 3.54. The predicted octanol–water partition coefficient (Wildman–Crippen LogP) is 2.82. The highest BCUT2D eigenvalue weighted by Gasteiger charge is 2.38. The molecular formula is C20H22F2N6O2. The fourth-order valence-electron chi connectivity index (χ4n) is 3.55. The molecule has 1 saturated carbocycles. The van der Waals surface area contributed by atoms with Gasteiger partial charge in [0.2, 0.25) is 0 Å². The Morgan fingerprint density at radius 1 is 1.30 bits per heavy atom. The van der Waals surface area contributed by atoms with Crippen LogP contribution in [0, 0.1) is 5.82 Å². The molecule has 1 fully saturated rings. The number of phenolic OH excluding ortho intramolecular Hbond substituents is 1. The zero-order valence-corrected chi connectivity index (χ0v) is 16.6. The standard InChI is InChI=1S/C20H22F2N6O2/c1-20(23-2)6-5-15(22)17(8-20)30-18-10-24-19(27-26-18)14-4-3-13(7-16(14)29)28-11-12(21)9-25-28/h3-4,7,9-11,15,17,23,29H,5-6,8H2,1-2H3/t15?,17-,20-/m0/s1. The van der Waals surface area contributed by atoms with Crippen LogP contribution in [0.5, 0.6) is 11.6 Å². The summed E-state index contributed by atoms with van der Waals surface area (Å²) in [4.78, 5) is 4.18. The SMILES string of the molecule is CN[C@@]1(C)CCC(F)[C@@H](Oc2cnc(-c3ccc(-n4cc(F)cn4)cc3O)nn2)C1. The summed E-state index contributed by atoms with van der Waals surface area (Å²) in [5, 5.41) is 25.4. The lowest BCUT2D eigenvalue weighted by Gasteiger charge is -2.39. The van der Waals surface area contributed by atoms with E-state index in [9.17, 15) is 13.9 Å². The molecule has 4 rings (SSSR count). The van der Waals surface area contributed by atoms with Crippen LogP contribution in [0.25, 0.3) is 17.1 Å². The number of nitrogens with zero attached hydrogens (tertiary/aromatic N) is 5. The van der Waals surface area contributed by atoms with Gasteiger partial charge in [0, 0.05) is 18.0 Å². The minimum atomic E-state index is -1.09. The lowest BCUT2D eigenvalue weighted by atomic mass is 9.81. The van der Waals surface area contributed by atoms with Gasteiger partial charge in [0.15, 0.2) is 11.6 Å². The van der Waals surface area contributed by atoms with E-state index in [-0.39, 0.29) is 23.0 Å². The minimum Gasteiger partial charge on any atom is -0.507 e. The second-order valence-electron chi connectivity index (χ2n) is 7.65. The lowest BCUT2D eigenvalue weighted by Crippen LogP contribution is -2.51. The maximum atomic E-state index is 14.3. The molecule has 0 saturated heterocycles. The van der Waals surface area contributed by atoms with Gasteiger partial charge in [-0.1, -0.05) is 0 Å². The number of rotatable bonds is 5. The number of hydrogen-bond acceptors (Lipinski definition) is 7. The van der Waals surface area contributed by atoms with Crippen molar-refractivity contribution in [2.45, 2.75) is 44.0 Å². The third-order valence-electron chi connectivity index (χ3n) is 5.48. The Bertz CT molecular complexity index is 1030. The molecular weight excluding hydrogens is 394 g/mol. The second kappa shape index (κ2) is 7.94. The van der Waals surface area contributed by atoms with Gasteiger partial charge in [-0.2, -0.15) is 5.10 Å². The Balaban J connectivity index is 1.49. The van der Waals surface area contributed by atoms with Crippen LogP contribution in [0.15, 0.2) is 36.8 Å². The smallest absolute Gasteiger partial charge is 0.252 e. The highest BCUT2D eigenvalue weighted by Crippen LogP contribution is 2.32. The first kappa shape index (κ1) is 20.1. The maximum Gasteiger partial charge on any atom is 0.252 e. The molecule has 2 aromatic heterocycles. The van der Waals surface area contributed by atoms with E-state index in [1.807, 2.05) is 14.0 Å². The van der Waals surface area contributed by atoms with Crippen LogP contribution in [0.2, 0.25) is 0 Å². The summed E-state index contributed by atoms with van der Waals surface area (Å²) in [5.41, 5.74) is 0.625. The summed E-state index contributed by atoms with van der Waals surface area (Å²) in [7, 11) is 1.85. The molecule has 158 valence electrons. The van der Waals surface area contributed by atoms with Crippen LogP contribution < -0.4 is 10.1 Å². The summed E-state index contributed by atoms with van der Waals surface area (Å²) in [5.74, 6) is -0.293. The Labute approximate surface area is 171 Å². The molecule has 3 atom stereocenters. The van der Waals surface area contributed by atoms with E-state index in [1.165, 1.54) is 23.1 Å². The highest BCUT2D eigenvalue weighted by atomic mass is 19.1. The van der Waals surface area contributed by atoms with Gasteiger partial charge in [-0.15, -0.1) is 10.2 Å². The average molecular weight is 416 g/mol. The van der Waals surface area contributed by atoms with Gasteiger partial charge in [0.1, 0.15) is 18.0 Å². The van der Waals surface area contributed by atoms with Crippen molar-refractivity contribution in [1.82, 2.24) is 30.3 Å². The number of aromatic nitrogens is 5. The number of alkyl halides is 1. The van der Waals surface area contributed by atoms with Crippen LogP contribution in [-0.4, -0.2) is 54.9 Å². The molecule has 10 heteroatoms. The Morgan fingerprint density at radius 2 is 2.13 bits per heavy atom. The topological polar surface area (TPSA) is 98.0 Å². The first-order valence-electron chi connectivity index (χ1n) is 9.60. The van der Waals surface area contributed by atoms with Gasteiger partial charge in [-0.05, 0) is 38.9 Å². The van der Waals surface area contributed by atoms with Crippen LogP contribution >= 0.6 is 0 Å². The van der Waals surface area contributed by atoms with Gasteiger partial charge in [0.05, 0.1) is 29.8 Å². The predicted molar refractivity (Wildman–Crippen MR) is 105 cm³/mol. The fourth-order valence-corrected chi connectivity index (χ4v) is 3.55. The van der Waals surface area contributed by atoms with E-state index in [0.717, 1.165) is 12.6 Å².